The smallest absolute Gasteiger partial charge is 0.0788 e. The molecule has 0 amide bonds. The predicted octanol–water partition coefficient (Wildman–Crippen LogP) is 7.58. The lowest BCUT2D eigenvalue weighted by atomic mass is 9.95. The van der Waals surface area contributed by atoms with E-state index in [0.29, 0.717) is 0 Å². The Morgan fingerprint density at radius 1 is 0.613 bits per heavy atom. The molecule has 0 saturated carbocycles. The maximum Gasteiger partial charge on any atom is 0.0788 e. The summed E-state index contributed by atoms with van der Waals surface area (Å²) in [7, 11) is 0. The molecule has 0 atom stereocenters. The van der Waals surface area contributed by atoms with E-state index in [-0.39, 0.29) is 0 Å². The highest BCUT2D eigenvalue weighted by Gasteiger charge is 2.12. The number of nitrogens with zero attached hydrogens (tertiary/aromatic N) is 2. The van der Waals surface area contributed by atoms with Crippen molar-refractivity contribution in [1.82, 2.24) is 9.97 Å². The Balaban J connectivity index is 1.55. The number of hydrogen-bond donors (Lipinski definition) is 0. The number of pyridine rings is 2. The lowest BCUT2D eigenvalue weighted by Gasteiger charge is -2.13. The largest absolute Gasteiger partial charge is 0.256 e. The molecule has 2 aromatic heterocycles. The Morgan fingerprint density at radius 2 is 1.35 bits per heavy atom. The van der Waals surface area contributed by atoms with E-state index < -0.39 is 0 Å². The van der Waals surface area contributed by atoms with Crippen LogP contribution in [0.4, 0.5) is 0 Å². The van der Waals surface area contributed by atoms with Crippen molar-refractivity contribution in [1.29, 1.82) is 0 Å². The molecule has 0 bridgehead atoms. The molecule has 0 aliphatic carbocycles. The van der Waals surface area contributed by atoms with Crippen LogP contribution in [0, 0.1) is 6.92 Å². The summed E-state index contributed by atoms with van der Waals surface area (Å²) in [6.45, 7) is 2.18. The van der Waals surface area contributed by atoms with Crippen molar-refractivity contribution in [3.05, 3.63) is 109 Å². The molecule has 0 N–H and O–H groups in total. The van der Waals surface area contributed by atoms with Gasteiger partial charge < -0.3 is 0 Å². The van der Waals surface area contributed by atoms with Crippen molar-refractivity contribution in [2.24, 2.45) is 0 Å². The second kappa shape index (κ2) is 7.03. The van der Waals surface area contributed by atoms with Gasteiger partial charge in [0.15, 0.2) is 0 Å². The molecule has 6 aromatic rings. The van der Waals surface area contributed by atoms with Gasteiger partial charge >= 0.3 is 0 Å². The van der Waals surface area contributed by atoms with Crippen molar-refractivity contribution >= 4 is 32.6 Å². The molecule has 0 radical (unpaired) electrons. The van der Waals surface area contributed by atoms with Crippen LogP contribution in [0.15, 0.2) is 103 Å². The summed E-state index contributed by atoms with van der Waals surface area (Å²) in [6, 6.07) is 34.0. The Morgan fingerprint density at radius 3 is 2.26 bits per heavy atom. The standard InChI is InChI=1S/C29H20N2/c1-19-7-4-12-25-27(19)24-10-2-3-13-26(24)31-29(25)22-16-14-20(15-17-22)23-11-5-8-21-9-6-18-30-28(21)23/h2-18H,1H3. The molecule has 0 unspecified atom stereocenters. The molecule has 0 aliphatic rings. The Hall–Kier alpha value is -4.04. The van der Waals surface area contributed by atoms with Crippen LogP contribution < -0.4 is 0 Å². The minimum atomic E-state index is 1.03. The molecular formula is C29H20N2. The first kappa shape index (κ1) is 17.8. The van der Waals surface area contributed by atoms with E-state index in [4.69, 9.17) is 4.98 Å². The van der Waals surface area contributed by atoms with Crippen molar-refractivity contribution in [3.63, 3.8) is 0 Å². The Bertz CT molecular complexity index is 1580. The summed E-state index contributed by atoms with van der Waals surface area (Å²) in [5, 5.41) is 4.84. The third-order valence-corrected chi connectivity index (χ3v) is 6.04. The normalized spacial score (nSPS) is 11.4. The molecule has 2 heteroatoms. The van der Waals surface area contributed by atoms with Crippen LogP contribution in [-0.2, 0) is 0 Å². The van der Waals surface area contributed by atoms with Crippen molar-refractivity contribution in [3.8, 4) is 22.4 Å². The summed E-state index contributed by atoms with van der Waals surface area (Å²) in [5.74, 6) is 0. The van der Waals surface area contributed by atoms with Crippen LogP contribution in [0.25, 0.3) is 55.0 Å². The first-order valence-corrected chi connectivity index (χ1v) is 10.5. The van der Waals surface area contributed by atoms with Gasteiger partial charge in [0.2, 0.25) is 0 Å². The van der Waals surface area contributed by atoms with Crippen LogP contribution >= 0.6 is 0 Å². The van der Waals surface area contributed by atoms with Gasteiger partial charge in [-0.25, -0.2) is 4.98 Å². The van der Waals surface area contributed by atoms with Gasteiger partial charge in [-0.2, -0.15) is 0 Å². The predicted molar refractivity (Wildman–Crippen MR) is 130 cm³/mol. The van der Waals surface area contributed by atoms with Gasteiger partial charge in [-0.3, -0.25) is 4.98 Å². The Labute approximate surface area is 180 Å². The number of rotatable bonds is 2. The average molecular weight is 396 g/mol. The average Bonchev–Trinajstić information content (AvgIpc) is 2.83. The van der Waals surface area contributed by atoms with E-state index in [0.717, 1.165) is 38.8 Å². The van der Waals surface area contributed by atoms with Crippen LogP contribution in [0.1, 0.15) is 5.56 Å². The van der Waals surface area contributed by atoms with Crippen molar-refractivity contribution in [2.45, 2.75) is 6.92 Å². The summed E-state index contributed by atoms with van der Waals surface area (Å²) in [6.07, 6.45) is 1.85. The first-order chi connectivity index (χ1) is 15.3. The first-order valence-electron chi connectivity index (χ1n) is 10.5. The molecule has 0 fully saturated rings. The summed E-state index contributed by atoms with van der Waals surface area (Å²) in [4.78, 5) is 9.67. The van der Waals surface area contributed by atoms with Gasteiger partial charge in [0.05, 0.1) is 16.7 Å². The molecule has 4 aromatic carbocycles. The van der Waals surface area contributed by atoms with E-state index in [2.05, 4.69) is 103 Å². The second-order valence-corrected chi connectivity index (χ2v) is 7.93. The van der Waals surface area contributed by atoms with Gasteiger partial charge in [-0.05, 0) is 35.6 Å². The molecule has 2 heterocycles. The molecule has 146 valence electrons. The van der Waals surface area contributed by atoms with Crippen LogP contribution in [-0.4, -0.2) is 9.97 Å². The molecule has 0 saturated heterocycles. The zero-order valence-electron chi connectivity index (χ0n) is 17.2. The molecular weight excluding hydrogens is 376 g/mol. The van der Waals surface area contributed by atoms with Crippen LogP contribution in [0.3, 0.4) is 0 Å². The topological polar surface area (TPSA) is 25.8 Å². The fourth-order valence-electron chi connectivity index (χ4n) is 4.55. The lowest BCUT2D eigenvalue weighted by Crippen LogP contribution is -1.91. The minimum absolute atomic E-state index is 1.03. The summed E-state index contributed by atoms with van der Waals surface area (Å²) < 4.78 is 0. The molecule has 2 nitrogen and oxygen atoms in total. The number of hydrogen-bond acceptors (Lipinski definition) is 2. The number of aromatic nitrogens is 2. The number of benzene rings is 4. The zero-order chi connectivity index (χ0) is 20.8. The monoisotopic (exact) mass is 396 g/mol. The zero-order valence-corrected chi connectivity index (χ0v) is 17.2. The highest BCUT2D eigenvalue weighted by atomic mass is 14.7. The van der Waals surface area contributed by atoms with Gasteiger partial charge in [0, 0.05) is 33.5 Å². The van der Waals surface area contributed by atoms with E-state index in [9.17, 15) is 0 Å². The van der Waals surface area contributed by atoms with E-state index in [1.165, 1.54) is 21.7 Å². The quantitative estimate of drug-likeness (QED) is 0.282. The van der Waals surface area contributed by atoms with Crippen LogP contribution in [0.5, 0.6) is 0 Å². The number of aryl methyl sites for hydroxylation is 1. The van der Waals surface area contributed by atoms with Crippen LogP contribution in [0.2, 0.25) is 0 Å². The molecule has 6 rings (SSSR count). The maximum absolute atomic E-state index is 5.05. The molecule has 0 spiro atoms. The van der Waals surface area contributed by atoms with Gasteiger partial charge in [0.25, 0.3) is 0 Å². The van der Waals surface area contributed by atoms with Gasteiger partial charge in [-0.15, -0.1) is 0 Å². The van der Waals surface area contributed by atoms with Gasteiger partial charge in [0.1, 0.15) is 0 Å². The lowest BCUT2D eigenvalue weighted by molar-refractivity contribution is 1.40. The maximum atomic E-state index is 5.05. The Kier molecular flexibility index (Phi) is 4.03. The third kappa shape index (κ3) is 2.88. The number of para-hydroxylation sites is 2. The summed E-state index contributed by atoms with van der Waals surface area (Å²) in [5.41, 5.74) is 7.80. The van der Waals surface area contributed by atoms with E-state index >= 15 is 0 Å². The number of fused-ring (bicyclic) bond motifs is 4. The fraction of sp³-hybridized carbons (Fsp3) is 0.0345. The summed E-state index contributed by atoms with van der Waals surface area (Å²) >= 11 is 0. The SMILES string of the molecule is Cc1cccc2c(-c3ccc(-c4cccc5cccnc45)cc3)nc3ccccc3c12. The van der Waals surface area contributed by atoms with Crippen molar-refractivity contribution in [2.75, 3.05) is 0 Å². The highest BCUT2D eigenvalue weighted by Crippen LogP contribution is 2.35. The fourth-order valence-corrected chi connectivity index (χ4v) is 4.55. The second-order valence-electron chi connectivity index (χ2n) is 7.93. The third-order valence-electron chi connectivity index (χ3n) is 6.04. The van der Waals surface area contributed by atoms with E-state index in [1.54, 1.807) is 0 Å². The van der Waals surface area contributed by atoms with Gasteiger partial charge in [-0.1, -0.05) is 84.9 Å². The minimum Gasteiger partial charge on any atom is -0.256 e. The molecule has 0 aliphatic heterocycles. The van der Waals surface area contributed by atoms with Crippen molar-refractivity contribution < 1.29 is 0 Å². The highest BCUT2D eigenvalue weighted by molar-refractivity contribution is 6.12. The van der Waals surface area contributed by atoms with E-state index in [1.807, 2.05) is 12.3 Å². The molecule has 31 heavy (non-hydrogen) atoms.